The number of nitrogens with zero attached hydrogens (tertiary/aromatic N) is 2. The van der Waals surface area contributed by atoms with Crippen molar-refractivity contribution in [3.8, 4) is 5.75 Å². The summed E-state index contributed by atoms with van der Waals surface area (Å²) in [5, 5.41) is 16.1. The average Bonchev–Trinajstić information content (AvgIpc) is 2.60. The van der Waals surface area contributed by atoms with E-state index in [0.29, 0.717) is 27.6 Å². The number of hydrogen-bond donors (Lipinski definition) is 4. The SMILES string of the molecule is O=S1(=O)Nc2cc(ccc2O)Nc2nc(ncc2Br)Nc2cccc1c2. The van der Waals surface area contributed by atoms with Gasteiger partial charge in [-0.2, -0.15) is 4.98 Å². The summed E-state index contributed by atoms with van der Waals surface area (Å²) in [6, 6.07) is 10.7. The fourth-order valence-corrected chi connectivity index (χ4v) is 3.82. The van der Waals surface area contributed by atoms with Gasteiger partial charge in [0.25, 0.3) is 10.0 Å². The van der Waals surface area contributed by atoms with Crippen LogP contribution in [0.3, 0.4) is 0 Å². The molecule has 2 aromatic carbocycles. The normalized spacial score (nSPS) is 14.5. The highest BCUT2D eigenvalue weighted by molar-refractivity contribution is 9.10. The summed E-state index contributed by atoms with van der Waals surface area (Å²) < 4.78 is 28.3. The van der Waals surface area contributed by atoms with Gasteiger partial charge in [-0.05, 0) is 52.3 Å². The molecule has 0 saturated carbocycles. The molecule has 4 N–H and O–H groups in total. The van der Waals surface area contributed by atoms with Crippen LogP contribution in [0.4, 0.5) is 28.8 Å². The summed E-state index contributed by atoms with van der Waals surface area (Å²) in [6.07, 6.45) is 1.58. The van der Waals surface area contributed by atoms with Gasteiger partial charge in [0.05, 0.1) is 15.1 Å². The van der Waals surface area contributed by atoms with Crippen molar-refractivity contribution in [2.45, 2.75) is 4.90 Å². The largest absolute Gasteiger partial charge is 0.506 e. The number of aromatic hydroxyl groups is 1. The zero-order valence-corrected chi connectivity index (χ0v) is 15.5. The average molecular weight is 434 g/mol. The lowest BCUT2D eigenvalue weighted by Crippen LogP contribution is -2.13. The number of benzene rings is 2. The van der Waals surface area contributed by atoms with Crippen LogP contribution >= 0.6 is 15.9 Å². The molecule has 132 valence electrons. The molecule has 0 unspecified atom stereocenters. The Bertz CT molecular complexity index is 1120. The molecule has 4 rings (SSSR count). The van der Waals surface area contributed by atoms with E-state index in [1.54, 1.807) is 24.4 Å². The molecule has 0 fully saturated rings. The van der Waals surface area contributed by atoms with Gasteiger partial charge in [0.15, 0.2) is 0 Å². The molecule has 0 aliphatic carbocycles. The second kappa shape index (κ2) is 6.15. The van der Waals surface area contributed by atoms with Gasteiger partial charge in [-0.15, -0.1) is 0 Å². The monoisotopic (exact) mass is 433 g/mol. The third-order valence-corrected chi connectivity index (χ3v) is 5.59. The van der Waals surface area contributed by atoms with Crippen molar-refractivity contribution >= 4 is 54.8 Å². The van der Waals surface area contributed by atoms with Gasteiger partial charge >= 0.3 is 0 Å². The second-order valence-corrected chi connectivity index (χ2v) is 8.04. The lowest BCUT2D eigenvalue weighted by Gasteiger charge is -2.12. The quantitative estimate of drug-likeness (QED) is 0.316. The van der Waals surface area contributed by atoms with E-state index in [1.807, 2.05) is 0 Å². The molecular weight excluding hydrogens is 422 g/mol. The van der Waals surface area contributed by atoms with Crippen molar-refractivity contribution in [1.29, 1.82) is 0 Å². The number of rotatable bonds is 0. The highest BCUT2D eigenvalue weighted by Gasteiger charge is 2.18. The Balaban J connectivity index is 1.94. The molecule has 0 radical (unpaired) electrons. The first-order valence-electron chi connectivity index (χ1n) is 7.43. The maximum absolute atomic E-state index is 12.7. The summed E-state index contributed by atoms with van der Waals surface area (Å²) in [4.78, 5) is 8.61. The Kier molecular flexibility index (Phi) is 3.93. The number of nitrogens with one attached hydrogen (secondary N) is 3. The highest BCUT2D eigenvalue weighted by atomic mass is 79.9. The first-order chi connectivity index (χ1) is 12.4. The van der Waals surface area contributed by atoms with Crippen LogP contribution in [0.2, 0.25) is 0 Å². The van der Waals surface area contributed by atoms with Crippen LogP contribution in [0, 0.1) is 0 Å². The predicted molar refractivity (Wildman–Crippen MR) is 102 cm³/mol. The number of aromatic nitrogens is 2. The molecule has 0 saturated heterocycles. The summed E-state index contributed by atoms with van der Waals surface area (Å²) in [5.41, 5.74) is 1.10. The van der Waals surface area contributed by atoms with E-state index in [9.17, 15) is 13.5 Å². The second-order valence-electron chi connectivity index (χ2n) is 5.51. The predicted octanol–water partition coefficient (Wildman–Crippen LogP) is 3.55. The first-order valence-corrected chi connectivity index (χ1v) is 9.71. The van der Waals surface area contributed by atoms with Crippen molar-refractivity contribution in [2.75, 3.05) is 15.4 Å². The third-order valence-electron chi connectivity index (χ3n) is 3.65. The molecule has 0 amide bonds. The van der Waals surface area contributed by atoms with Crippen molar-refractivity contribution in [3.63, 3.8) is 0 Å². The zero-order chi connectivity index (χ0) is 18.3. The number of anilines is 5. The highest BCUT2D eigenvalue weighted by Crippen LogP contribution is 2.33. The van der Waals surface area contributed by atoms with Crippen molar-refractivity contribution in [1.82, 2.24) is 9.97 Å². The van der Waals surface area contributed by atoms with Crippen LogP contribution in [0.1, 0.15) is 0 Å². The van der Waals surface area contributed by atoms with Crippen molar-refractivity contribution in [3.05, 3.63) is 53.1 Å². The number of phenols is 1. The Morgan fingerprint density at radius 3 is 2.69 bits per heavy atom. The molecule has 6 bridgehead atoms. The van der Waals surface area contributed by atoms with E-state index in [-0.39, 0.29) is 16.3 Å². The fraction of sp³-hybridized carbons (Fsp3) is 0. The van der Waals surface area contributed by atoms with E-state index in [2.05, 4.69) is 41.3 Å². The van der Waals surface area contributed by atoms with Gasteiger partial charge in [0.2, 0.25) is 5.95 Å². The standard InChI is InChI=1S/C16H12BrN5O3S/c17-12-8-18-16-20-9-2-1-3-11(6-9)26(24,25)22-13-7-10(4-5-14(13)23)19-15(12)21-16/h1-8,22-23H,(H2,18,19,20,21). The van der Waals surface area contributed by atoms with Crippen LogP contribution in [0.15, 0.2) is 58.0 Å². The molecule has 8 nitrogen and oxygen atoms in total. The number of fused-ring (bicyclic) bond motifs is 6. The summed E-state index contributed by atoms with van der Waals surface area (Å²) >= 11 is 3.38. The Hall–Kier alpha value is -2.85. The Labute approximate surface area is 157 Å². The lowest BCUT2D eigenvalue weighted by atomic mass is 10.2. The molecule has 0 spiro atoms. The van der Waals surface area contributed by atoms with Gasteiger partial charge in [-0.1, -0.05) is 6.07 Å². The number of sulfonamides is 1. The minimum Gasteiger partial charge on any atom is -0.506 e. The van der Waals surface area contributed by atoms with Crippen LogP contribution in [0.5, 0.6) is 5.75 Å². The van der Waals surface area contributed by atoms with Gasteiger partial charge in [0, 0.05) is 17.6 Å². The summed E-state index contributed by atoms with van der Waals surface area (Å²) in [5.74, 6) is 0.597. The zero-order valence-electron chi connectivity index (χ0n) is 13.1. The number of phenolic OH excluding ortho intramolecular Hbond substituents is 1. The van der Waals surface area contributed by atoms with E-state index in [0.717, 1.165) is 0 Å². The van der Waals surface area contributed by atoms with Gasteiger partial charge in [0.1, 0.15) is 11.6 Å². The minimum absolute atomic E-state index is 0.0387. The number of halogens is 1. The van der Waals surface area contributed by atoms with Crippen LogP contribution in [0.25, 0.3) is 0 Å². The molecule has 2 heterocycles. The van der Waals surface area contributed by atoms with Crippen LogP contribution in [-0.2, 0) is 10.0 Å². The molecule has 0 atom stereocenters. The van der Waals surface area contributed by atoms with Gasteiger partial charge < -0.3 is 15.7 Å². The van der Waals surface area contributed by atoms with E-state index < -0.39 is 10.0 Å². The molecule has 3 aromatic rings. The van der Waals surface area contributed by atoms with Gasteiger partial charge in [-0.25, -0.2) is 13.4 Å². The summed E-state index contributed by atoms with van der Waals surface area (Å²) in [6.45, 7) is 0. The molecule has 26 heavy (non-hydrogen) atoms. The van der Waals surface area contributed by atoms with E-state index in [4.69, 9.17) is 0 Å². The van der Waals surface area contributed by atoms with Gasteiger partial charge in [-0.3, -0.25) is 4.72 Å². The topological polar surface area (TPSA) is 116 Å². The Morgan fingerprint density at radius 2 is 1.85 bits per heavy atom. The minimum atomic E-state index is -3.89. The first kappa shape index (κ1) is 16.6. The molecule has 1 aromatic heterocycles. The molecule has 10 heteroatoms. The van der Waals surface area contributed by atoms with E-state index in [1.165, 1.54) is 24.3 Å². The third kappa shape index (κ3) is 3.16. The Morgan fingerprint density at radius 1 is 1.04 bits per heavy atom. The maximum Gasteiger partial charge on any atom is 0.262 e. The smallest absolute Gasteiger partial charge is 0.262 e. The molecule has 1 aliphatic rings. The number of hydrogen-bond acceptors (Lipinski definition) is 7. The summed E-state index contributed by atoms with van der Waals surface area (Å²) in [7, 11) is -3.89. The lowest BCUT2D eigenvalue weighted by molar-refractivity contribution is 0.477. The van der Waals surface area contributed by atoms with Crippen molar-refractivity contribution in [2.24, 2.45) is 0 Å². The van der Waals surface area contributed by atoms with Crippen LogP contribution < -0.4 is 15.4 Å². The molecule has 1 aliphatic heterocycles. The maximum atomic E-state index is 12.7. The van der Waals surface area contributed by atoms with Crippen LogP contribution in [-0.4, -0.2) is 23.5 Å². The fourth-order valence-electron chi connectivity index (χ4n) is 2.42. The van der Waals surface area contributed by atoms with Crippen molar-refractivity contribution < 1.29 is 13.5 Å². The van der Waals surface area contributed by atoms with E-state index >= 15 is 0 Å². The molecular formula is C16H12BrN5O3S.